The van der Waals surface area contributed by atoms with Gasteiger partial charge in [-0.05, 0) is 60.0 Å². The highest BCUT2D eigenvalue weighted by Gasteiger charge is 2.17. The average Bonchev–Trinajstić information content (AvgIpc) is 3.26. The summed E-state index contributed by atoms with van der Waals surface area (Å²) in [6, 6.07) is 26.7. The number of benzene rings is 3. The fraction of sp³-hybridized carbons (Fsp3) is 0.103. The number of fused-ring (bicyclic) bond motifs is 4. The summed E-state index contributed by atoms with van der Waals surface area (Å²) < 4.78 is 13.4. The Hall–Kier alpha value is -4.56. The Morgan fingerprint density at radius 2 is 1.76 bits per heavy atom. The minimum atomic E-state index is 0.543. The summed E-state index contributed by atoms with van der Waals surface area (Å²) in [5, 5.41) is 10.1. The second kappa shape index (κ2) is 8.09. The van der Waals surface area contributed by atoms with Gasteiger partial charge in [0.2, 0.25) is 0 Å². The summed E-state index contributed by atoms with van der Waals surface area (Å²) in [6.07, 6.45) is 3.97. The molecule has 5 heteroatoms. The zero-order valence-electron chi connectivity index (χ0n) is 18.7. The molecule has 5 aromatic rings. The van der Waals surface area contributed by atoms with Crippen LogP contribution in [0.5, 0.6) is 11.5 Å². The van der Waals surface area contributed by atoms with Gasteiger partial charge < -0.3 is 9.47 Å². The lowest BCUT2D eigenvalue weighted by Crippen LogP contribution is -2.15. The average molecular weight is 444 g/mol. The Bertz CT molecular complexity index is 1640. The zero-order valence-corrected chi connectivity index (χ0v) is 18.7. The van der Waals surface area contributed by atoms with Crippen LogP contribution < -0.4 is 9.47 Å². The fourth-order valence-corrected chi connectivity index (χ4v) is 4.46. The van der Waals surface area contributed by atoms with E-state index in [4.69, 9.17) is 14.5 Å². The smallest absolute Gasteiger partial charge is 0.161 e. The lowest BCUT2D eigenvalue weighted by molar-refractivity contribution is 0.171. The van der Waals surface area contributed by atoms with Crippen molar-refractivity contribution in [1.29, 1.82) is 5.26 Å². The lowest BCUT2D eigenvalue weighted by Gasteiger charge is -2.18. The molecule has 34 heavy (non-hydrogen) atoms. The van der Waals surface area contributed by atoms with E-state index < -0.39 is 0 Å². The van der Waals surface area contributed by atoms with E-state index in [0.29, 0.717) is 24.4 Å². The van der Waals surface area contributed by atoms with E-state index in [1.165, 1.54) is 5.56 Å². The molecule has 0 atom stereocenters. The highest BCUT2D eigenvalue weighted by molar-refractivity contribution is 5.89. The molecule has 0 aliphatic carbocycles. The fourth-order valence-electron chi connectivity index (χ4n) is 4.46. The second-order valence-electron chi connectivity index (χ2n) is 8.34. The van der Waals surface area contributed by atoms with Crippen molar-refractivity contribution in [2.45, 2.75) is 6.92 Å². The third-order valence-electron chi connectivity index (χ3n) is 6.05. The summed E-state index contributed by atoms with van der Waals surface area (Å²) in [7, 11) is 0. The van der Waals surface area contributed by atoms with Crippen LogP contribution in [0.25, 0.3) is 40.1 Å². The van der Waals surface area contributed by atoms with E-state index in [1.807, 2.05) is 54.6 Å². The van der Waals surface area contributed by atoms with Gasteiger partial charge in [0.15, 0.2) is 17.1 Å². The van der Waals surface area contributed by atoms with Gasteiger partial charge in [0.05, 0.1) is 16.7 Å². The van der Waals surface area contributed by atoms with Crippen LogP contribution in [0.2, 0.25) is 0 Å². The summed E-state index contributed by atoms with van der Waals surface area (Å²) in [6.45, 7) is 3.19. The predicted octanol–water partition coefficient (Wildman–Crippen LogP) is 6.28. The first-order valence-electron chi connectivity index (χ1n) is 11.2. The molecular formula is C29H21N3O2. The molecule has 3 heterocycles. The molecule has 1 aliphatic heterocycles. The molecule has 3 aromatic carbocycles. The van der Waals surface area contributed by atoms with Crippen LogP contribution in [0.1, 0.15) is 22.3 Å². The third-order valence-corrected chi connectivity index (χ3v) is 6.05. The maximum atomic E-state index is 10.1. The lowest BCUT2D eigenvalue weighted by atomic mass is 10.0. The Morgan fingerprint density at radius 1 is 0.912 bits per heavy atom. The van der Waals surface area contributed by atoms with Gasteiger partial charge in [-0.3, -0.25) is 4.40 Å². The first kappa shape index (κ1) is 20.1. The number of nitrogens with zero attached hydrogens (tertiary/aromatic N) is 3. The molecule has 0 spiro atoms. The summed E-state index contributed by atoms with van der Waals surface area (Å²) >= 11 is 0. The third kappa shape index (κ3) is 3.37. The SMILES string of the molecule is Cc1cccc(-c2cc(C=Cc3ccc4c(c3)OCCO4)c(C#N)c3nc4ccccc4n23)c1. The molecule has 164 valence electrons. The number of aryl methyl sites for hydroxylation is 1. The second-order valence-corrected chi connectivity index (χ2v) is 8.34. The topological polar surface area (TPSA) is 59.5 Å². The number of pyridine rings is 1. The molecule has 5 nitrogen and oxygen atoms in total. The number of imidazole rings is 1. The van der Waals surface area contributed by atoms with E-state index >= 15 is 0 Å². The van der Waals surface area contributed by atoms with E-state index in [-0.39, 0.29) is 0 Å². The van der Waals surface area contributed by atoms with Gasteiger partial charge in [0.25, 0.3) is 0 Å². The first-order valence-corrected chi connectivity index (χ1v) is 11.2. The van der Waals surface area contributed by atoms with Crippen molar-refractivity contribution in [2.75, 3.05) is 13.2 Å². The Balaban J connectivity index is 1.57. The highest BCUT2D eigenvalue weighted by atomic mass is 16.6. The van der Waals surface area contributed by atoms with Crippen LogP contribution in [-0.2, 0) is 0 Å². The Morgan fingerprint density at radius 3 is 2.62 bits per heavy atom. The maximum Gasteiger partial charge on any atom is 0.161 e. The number of hydrogen-bond donors (Lipinski definition) is 0. The Labute approximate surface area is 197 Å². The summed E-state index contributed by atoms with van der Waals surface area (Å²) in [5.74, 6) is 1.50. The molecule has 0 unspecified atom stereocenters. The molecule has 2 aromatic heterocycles. The molecular weight excluding hydrogens is 422 g/mol. The standard InChI is InChI=1S/C29H21N3O2/c1-19-5-4-6-22(15-19)26-17-21(11-9-20-10-12-27-28(16-20)34-14-13-33-27)23(18-30)29-31-24-7-2-3-8-25(24)32(26)29/h2-12,15-17H,13-14H2,1H3. The van der Waals surface area contributed by atoms with Crippen LogP contribution in [-0.4, -0.2) is 22.6 Å². The van der Waals surface area contributed by atoms with Gasteiger partial charge in [-0.25, -0.2) is 4.98 Å². The maximum absolute atomic E-state index is 10.1. The van der Waals surface area contributed by atoms with Gasteiger partial charge >= 0.3 is 0 Å². The van der Waals surface area contributed by atoms with Crippen LogP contribution in [0.15, 0.2) is 72.8 Å². The van der Waals surface area contributed by atoms with Crippen molar-refractivity contribution in [3.8, 4) is 28.8 Å². The molecule has 0 N–H and O–H groups in total. The van der Waals surface area contributed by atoms with Crippen LogP contribution in [0.4, 0.5) is 0 Å². The van der Waals surface area contributed by atoms with Gasteiger partial charge in [0, 0.05) is 0 Å². The molecule has 0 saturated carbocycles. The van der Waals surface area contributed by atoms with Crippen LogP contribution in [0.3, 0.4) is 0 Å². The molecule has 0 radical (unpaired) electrons. The molecule has 0 amide bonds. The number of aromatic nitrogens is 2. The quantitative estimate of drug-likeness (QED) is 0.329. The van der Waals surface area contributed by atoms with Crippen molar-refractivity contribution in [1.82, 2.24) is 9.38 Å². The monoisotopic (exact) mass is 443 g/mol. The molecule has 0 bridgehead atoms. The largest absolute Gasteiger partial charge is 0.486 e. The van der Waals surface area contributed by atoms with Gasteiger partial charge in [0.1, 0.15) is 24.8 Å². The zero-order chi connectivity index (χ0) is 23.1. The van der Waals surface area contributed by atoms with Crippen molar-refractivity contribution in [3.05, 3.63) is 95.1 Å². The summed E-state index contributed by atoms with van der Waals surface area (Å²) in [5.41, 5.74) is 8.07. The number of hydrogen-bond acceptors (Lipinski definition) is 4. The normalized spacial score (nSPS) is 12.9. The van der Waals surface area contributed by atoms with Gasteiger partial charge in [-0.15, -0.1) is 0 Å². The van der Waals surface area contributed by atoms with Crippen molar-refractivity contribution in [3.63, 3.8) is 0 Å². The van der Waals surface area contributed by atoms with Crippen molar-refractivity contribution >= 4 is 28.8 Å². The number of nitriles is 1. The van der Waals surface area contributed by atoms with Crippen molar-refractivity contribution < 1.29 is 9.47 Å². The minimum absolute atomic E-state index is 0.543. The van der Waals surface area contributed by atoms with Gasteiger partial charge in [-0.2, -0.15) is 5.26 Å². The van der Waals surface area contributed by atoms with Crippen molar-refractivity contribution in [2.24, 2.45) is 0 Å². The van der Waals surface area contributed by atoms with E-state index in [0.717, 1.165) is 44.9 Å². The minimum Gasteiger partial charge on any atom is -0.486 e. The van der Waals surface area contributed by atoms with E-state index in [1.54, 1.807) is 0 Å². The van der Waals surface area contributed by atoms with Crippen LogP contribution in [0, 0.1) is 18.3 Å². The molecule has 0 saturated heterocycles. The number of ether oxygens (including phenoxy) is 2. The first-order chi connectivity index (χ1) is 16.7. The van der Waals surface area contributed by atoms with Gasteiger partial charge in [-0.1, -0.05) is 54.1 Å². The summed E-state index contributed by atoms with van der Waals surface area (Å²) in [4.78, 5) is 4.84. The van der Waals surface area contributed by atoms with E-state index in [9.17, 15) is 5.26 Å². The highest BCUT2D eigenvalue weighted by Crippen LogP contribution is 2.33. The van der Waals surface area contributed by atoms with Crippen LogP contribution >= 0.6 is 0 Å². The number of rotatable bonds is 3. The molecule has 0 fully saturated rings. The molecule has 1 aliphatic rings. The number of para-hydroxylation sites is 2. The van der Waals surface area contributed by atoms with E-state index in [2.05, 4.69) is 47.7 Å². The molecule has 6 rings (SSSR count). The Kier molecular flexibility index (Phi) is 4.78. The predicted molar refractivity (Wildman–Crippen MR) is 134 cm³/mol.